The number of benzene rings is 2. The van der Waals surface area contributed by atoms with Gasteiger partial charge in [-0.2, -0.15) is 0 Å². The van der Waals surface area contributed by atoms with Gasteiger partial charge in [-0.1, -0.05) is 37.1 Å². The molecule has 7 heteroatoms. The predicted molar refractivity (Wildman–Crippen MR) is 129 cm³/mol. The second-order valence-electron chi connectivity index (χ2n) is 7.92. The number of hydrogen-bond donors (Lipinski definition) is 2. The van der Waals surface area contributed by atoms with E-state index in [1.54, 1.807) is 14.2 Å². The molecule has 0 radical (unpaired) electrons. The Kier molecular flexibility index (Phi) is 11.7. The average molecular weight is 457 g/mol. The van der Waals surface area contributed by atoms with Crippen LogP contribution in [0.3, 0.4) is 0 Å². The van der Waals surface area contributed by atoms with Gasteiger partial charge in [0.2, 0.25) is 5.91 Å². The molecule has 180 valence electrons. The second-order valence-corrected chi connectivity index (χ2v) is 7.92. The van der Waals surface area contributed by atoms with E-state index < -0.39 is 0 Å². The van der Waals surface area contributed by atoms with Gasteiger partial charge < -0.3 is 25.3 Å². The lowest BCUT2D eigenvalue weighted by atomic mass is 10.0. The quantitative estimate of drug-likeness (QED) is 0.374. The van der Waals surface area contributed by atoms with Crippen LogP contribution in [-0.2, 0) is 22.4 Å². The molecule has 0 spiro atoms. The molecule has 3 N–H and O–H groups in total. The van der Waals surface area contributed by atoms with Crippen LogP contribution in [0.2, 0.25) is 0 Å². The summed E-state index contributed by atoms with van der Waals surface area (Å²) in [6.07, 6.45) is 6.67. The fourth-order valence-electron chi connectivity index (χ4n) is 3.57. The molecule has 0 saturated heterocycles. The van der Waals surface area contributed by atoms with Crippen molar-refractivity contribution in [3.8, 4) is 17.2 Å². The second kappa shape index (κ2) is 14.8. The van der Waals surface area contributed by atoms with E-state index in [9.17, 15) is 9.59 Å². The van der Waals surface area contributed by atoms with E-state index in [1.165, 1.54) is 5.56 Å². The largest absolute Gasteiger partial charge is 0.493 e. The van der Waals surface area contributed by atoms with Crippen molar-refractivity contribution in [2.75, 3.05) is 27.4 Å². The number of hydrogen-bond acceptors (Lipinski definition) is 5. The van der Waals surface area contributed by atoms with Crippen molar-refractivity contribution in [3.05, 3.63) is 53.6 Å². The van der Waals surface area contributed by atoms with Crippen molar-refractivity contribution in [1.29, 1.82) is 0 Å². The maximum Gasteiger partial charge on any atom is 0.257 e. The van der Waals surface area contributed by atoms with E-state index >= 15 is 0 Å². The number of carbonyl (C=O) groups excluding carboxylic acids is 2. The molecule has 0 unspecified atom stereocenters. The van der Waals surface area contributed by atoms with E-state index in [-0.39, 0.29) is 18.4 Å². The molecular formula is C26H36N2O5. The minimum Gasteiger partial charge on any atom is -0.493 e. The number of rotatable bonds is 16. The summed E-state index contributed by atoms with van der Waals surface area (Å²) in [5.74, 6) is 1.80. The first-order chi connectivity index (χ1) is 16.0. The van der Waals surface area contributed by atoms with Crippen LogP contribution >= 0.6 is 0 Å². The van der Waals surface area contributed by atoms with Gasteiger partial charge in [-0.25, -0.2) is 0 Å². The Labute approximate surface area is 196 Å². The number of methoxy groups -OCH3 is 2. The third kappa shape index (κ3) is 9.85. The number of primary amides is 1. The summed E-state index contributed by atoms with van der Waals surface area (Å²) in [5.41, 5.74) is 7.38. The molecule has 7 nitrogen and oxygen atoms in total. The summed E-state index contributed by atoms with van der Waals surface area (Å²) >= 11 is 0. The van der Waals surface area contributed by atoms with Gasteiger partial charge in [0.25, 0.3) is 5.91 Å². The minimum atomic E-state index is -0.262. The van der Waals surface area contributed by atoms with Crippen LogP contribution in [0.1, 0.15) is 49.7 Å². The molecule has 0 fully saturated rings. The standard InChI is InChI=1S/C26H36N2O5/c1-31-23-16-15-20(18-24(23)32-2)10-9-12-21-11-6-7-13-22(21)33-19-26(30)28-17-8-4-3-5-14-25(27)29/h6-7,11,13,15-16,18H,3-5,8-10,12,14,17,19H2,1-2H3,(H2,27,29)(H,28,30). The third-order valence-corrected chi connectivity index (χ3v) is 5.36. The van der Waals surface area contributed by atoms with Crippen molar-refractivity contribution in [2.45, 2.75) is 51.4 Å². The lowest BCUT2D eigenvalue weighted by Gasteiger charge is -2.12. The molecule has 2 amide bonds. The third-order valence-electron chi connectivity index (χ3n) is 5.36. The molecular weight excluding hydrogens is 420 g/mol. The van der Waals surface area contributed by atoms with Crippen molar-refractivity contribution in [2.24, 2.45) is 5.73 Å². The van der Waals surface area contributed by atoms with Gasteiger partial charge in [-0.15, -0.1) is 0 Å². The summed E-state index contributed by atoms with van der Waals surface area (Å²) in [6.45, 7) is 0.597. The fourth-order valence-corrected chi connectivity index (χ4v) is 3.57. The molecule has 0 saturated carbocycles. The topological polar surface area (TPSA) is 99.9 Å². The number of carbonyl (C=O) groups is 2. The lowest BCUT2D eigenvalue weighted by molar-refractivity contribution is -0.123. The number of aryl methyl sites for hydroxylation is 2. The fraction of sp³-hybridized carbons (Fsp3) is 0.462. The summed E-state index contributed by atoms with van der Waals surface area (Å²) in [7, 11) is 3.27. The number of amides is 2. The molecule has 0 atom stereocenters. The van der Waals surface area contributed by atoms with Crippen LogP contribution in [-0.4, -0.2) is 39.2 Å². The first-order valence-electron chi connectivity index (χ1n) is 11.5. The summed E-state index contributed by atoms with van der Waals surface area (Å²) in [5, 5.41) is 2.88. The molecule has 2 aromatic rings. The highest BCUT2D eigenvalue weighted by atomic mass is 16.5. The molecule has 2 aromatic carbocycles. The highest BCUT2D eigenvalue weighted by Crippen LogP contribution is 2.28. The maximum absolute atomic E-state index is 12.1. The number of nitrogens with two attached hydrogens (primary N) is 1. The summed E-state index contributed by atoms with van der Waals surface area (Å²) < 4.78 is 16.5. The van der Waals surface area contributed by atoms with Gasteiger partial charge in [-0.3, -0.25) is 9.59 Å². The van der Waals surface area contributed by atoms with Crippen LogP contribution < -0.4 is 25.3 Å². The first-order valence-corrected chi connectivity index (χ1v) is 11.5. The Balaban J connectivity index is 1.72. The van der Waals surface area contributed by atoms with Crippen LogP contribution in [0.15, 0.2) is 42.5 Å². The van der Waals surface area contributed by atoms with E-state index in [2.05, 4.69) is 5.32 Å². The molecule has 33 heavy (non-hydrogen) atoms. The monoisotopic (exact) mass is 456 g/mol. The number of unbranched alkanes of at least 4 members (excludes halogenated alkanes) is 3. The molecule has 0 bridgehead atoms. The highest BCUT2D eigenvalue weighted by molar-refractivity contribution is 5.77. The number of para-hydroxylation sites is 1. The van der Waals surface area contributed by atoms with Crippen molar-refractivity contribution in [1.82, 2.24) is 5.32 Å². The molecule has 0 aliphatic heterocycles. The Morgan fingerprint density at radius 3 is 2.36 bits per heavy atom. The Bertz CT molecular complexity index is 885. The number of nitrogens with one attached hydrogen (secondary N) is 1. The predicted octanol–water partition coefficient (Wildman–Crippen LogP) is 3.81. The normalized spacial score (nSPS) is 10.5. The minimum absolute atomic E-state index is 0.00559. The molecule has 0 aliphatic carbocycles. The van der Waals surface area contributed by atoms with Crippen molar-refractivity contribution < 1.29 is 23.8 Å². The van der Waals surface area contributed by atoms with Gasteiger partial charge in [0, 0.05) is 13.0 Å². The molecule has 0 heterocycles. The van der Waals surface area contributed by atoms with Crippen LogP contribution in [0.25, 0.3) is 0 Å². The first kappa shape index (κ1) is 26.0. The Morgan fingerprint density at radius 1 is 0.848 bits per heavy atom. The maximum atomic E-state index is 12.1. The van der Waals surface area contributed by atoms with Gasteiger partial charge in [0.1, 0.15) is 5.75 Å². The summed E-state index contributed by atoms with van der Waals surface area (Å²) in [6, 6.07) is 13.8. The van der Waals surface area contributed by atoms with Crippen LogP contribution in [0.5, 0.6) is 17.2 Å². The molecule has 0 aromatic heterocycles. The van der Waals surface area contributed by atoms with E-state index in [0.717, 1.165) is 67.8 Å². The van der Waals surface area contributed by atoms with Gasteiger partial charge >= 0.3 is 0 Å². The Hall–Kier alpha value is -3.22. The van der Waals surface area contributed by atoms with Gasteiger partial charge in [0.15, 0.2) is 18.1 Å². The van der Waals surface area contributed by atoms with Crippen molar-refractivity contribution in [3.63, 3.8) is 0 Å². The van der Waals surface area contributed by atoms with Gasteiger partial charge in [0.05, 0.1) is 14.2 Å². The van der Waals surface area contributed by atoms with E-state index in [0.29, 0.717) is 13.0 Å². The highest BCUT2D eigenvalue weighted by Gasteiger charge is 2.08. The zero-order valence-corrected chi connectivity index (χ0v) is 19.7. The zero-order chi connectivity index (χ0) is 23.9. The van der Waals surface area contributed by atoms with E-state index in [4.69, 9.17) is 19.9 Å². The van der Waals surface area contributed by atoms with Crippen LogP contribution in [0, 0.1) is 0 Å². The Morgan fingerprint density at radius 2 is 1.61 bits per heavy atom. The van der Waals surface area contributed by atoms with Gasteiger partial charge in [-0.05, 0) is 61.4 Å². The molecule has 2 rings (SSSR count). The summed E-state index contributed by atoms with van der Waals surface area (Å²) in [4.78, 5) is 22.8. The van der Waals surface area contributed by atoms with Crippen LogP contribution in [0.4, 0.5) is 0 Å². The van der Waals surface area contributed by atoms with Crippen molar-refractivity contribution >= 4 is 11.8 Å². The molecule has 0 aliphatic rings. The average Bonchev–Trinajstić information content (AvgIpc) is 2.82. The number of ether oxygens (including phenoxy) is 3. The SMILES string of the molecule is COc1ccc(CCCc2ccccc2OCC(=O)NCCCCCCC(N)=O)cc1OC. The zero-order valence-electron chi connectivity index (χ0n) is 19.7. The smallest absolute Gasteiger partial charge is 0.257 e. The lowest BCUT2D eigenvalue weighted by Crippen LogP contribution is -2.29. The van der Waals surface area contributed by atoms with E-state index in [1.807, 2.05) is 42.5 Å².